The molecule has 0 bridgehead atoms. The molecule has 0 spiro atoms. The zero-order valence-electron chi connectivity index (χ0n) is 17.7. The summed E-state index contributed by atoms with van der Waals surface area (Å²) in [4.78, 5) is 22.6. The number of H-pyrrole nitrogens is 1. The van der Waals surface area contributed by atoms with Crippen molar-refractivity contribution in [1.82, 2.24) is 20.2 Å². The van der Waals surface area contributed by atoms with Crippen molar-refractivity contribution in [2.24, 2.45) is 0 Å². The van der Waals surface area contributed by atoms with E-state index in [2.05, 4.69) is 32.4 Å². The number of benzene rings is 1. The average molecular weight is 407 g/mol. The Morgan fingerprint density at radius 2 is 2.03 bits per heavy atom. The molecule has 1 aliphatic heterocycles. The molecule has 1 fully saturated rings. The number of carbonyl (C=O) groups is 1. The molecule has 1 saturated heterocycles. The summed E-state index contributed by atoms with van der Waals surface area (Å²) < 4.78 is 5.18. The van der Waals surface area contributed by atoms with Gasteiger partial charge in [0.15, 0.2) is 0 Å². The molecule has 30 heavy (non-hydrogen) atoms. The van der Waals surface area contributed by atoms with Crippen LogP contribution in [-0.2, 0) is 11.2 Å². The van der Waals surface area contributed by atoms with E-state index in [1.807, 2.05) is 43.5 Å². The van der Waals surface area contributed by atoms with E-state index in [4.69, 9.17) is 4.74 Å². The van der Waals surface area contributed by atoms with Gasteiger partial charge in [0.1, 0.15) is 11.4 Å². The predicted molar refractivity (Wildman–Crippen MR) is 119 cm³/mol. The highest BCUT2D eigenvalue weighted by atomic mass is 16.5. The number of hydrogen-bond donors (Lipinski definition) is 2. The van der Waals surface area contributed by atoms with E-state index in [1.165, 1.54) is 16.5 Å². The number of pyridine rings is 1. The van der Waals surface area contributed by atoms with Crippen LogP contribution < -0.4 is 10.1 Å². The van der Waals surface area contributed by atoms with Crippen molar-refractivity contribution in [3.63, 3.8) is 0 Å². The zero-order valence-corrected chi connectivity index (χ0v) is 17.7. The van der Waals surface area contributed by atoms with E-state index >= 15 is 0 Å². The number of likely N-dealkylation sites (tertiary alicyclic amines) is 1. The fourth-order valence-electron chi connectivity index (χ4n) is 4.35. The lowest BCUT2D eigenvalue weighted by Gasteiger charge is -2.35. The van der Waals surface area contributed by atoms with Crippen LogP contribution in [0.1, 0.15) is 36.8 Å². The number of ether oxygens (including phenoxy) is 1. The van der Waals surface area contributed by atoms with Crippen molar-refractivity contribution >= 4 is 16.9 Å². The summed E-state index contributed by atoms with van der Waals surface area (Å²) in [6.45, 7) is 4.53. The molecule has 158 valence electrons. The number of carbonyl (C=O) groups excluding carboxylic acids is 1. The van der Waals surface area contributed by atoms with Crippen molar-refractivity contribution in [3.8, 4) is 5.75 Å². The Morgan fingerprint density at radius 3 is 2.77 bits per heavy atom. The van der Waals surface area contributed by atoms with Gasteiger partial charge >= 0.3 is 0 Å². The molecule has 1 aliphatic rings. The van der Waals surface area contributed by atoms with Crippen molar-refractivity contribution in [3.05, 3.63) is 59.9 Å². The van der Waals surface area contributed by atoms with Crippen LogP contribution in [0.25, 0.3) is 11.0 Å². The number of aromatic nitrogens is 2. The van der Waals surface area contributed by atoms with Gasteiger partial charge in [0.05, 0.1) is 13.2 Å². The molecule has 6 heteroatoms. The van der Waals surface area contributed by atoms with E-state index in [0.29, 0.717) is 12.5 Å². The van der Waals surface area contributed by atoms with Gasteiger partial charge in [-0.2, -0.15) is 0 Å². The Kier molecular flexibility index (Phi) is 6.33. The summed E-state index contributed by atoms with van der Waals surface area (Å²) in [5, 5.41) is 4.32. The van der Waals surface area contributed by atoms with Gasteiger partial charge in [-0.3, -0.25) is 9.69 Å². The molecule has 0 aliphatic carbocycles. The second-order valence-corrected chi connectivity index (χ2v) is 8.02. The van der Waals surface area contributed by atoms with Crippen molar-refractivity contribution in [2.45, 2.75) is 38.1 Å². The number of aromatic amines is 1. The molecule has 0 saturated carbocycles. The second-order valence-electron chi connectivity index (χ2n) is 8.02. The van der Waals surface area contributed by atoms with Crippen molar-refractivity contribution in [1.29, 1.82) is 0 Å². The van der Waals surface area contributed by atoms with Crippen LogP contribution in [0.5, 0.6) is 5.75 Å². The van der Waals surface area contributed by atoms with Crippen LogP contribution in [0.4, 0.5) is 0 Å². The number of rotatable bonds is 7. The summed E-state index contributed by atoms with van der Waals surface area (Å²) in [6, 6.07) is 12.0. The summed E-state index contributed by atoms with van der Waals surface area (Å²) in [7, 11) is 1.66. The Bertz CT molecular complexity index is 974. The average Bonchev–Trinajstić information content (AvgIpc) is 3.23. The Balaban J connectivity index is 1.25. The van der Waals surface area contributed by atoms with Gasteiger partial charge in [-0.15, -0.1) is 0 Å². The number of piperidine rings is 1. The summed E-state index contributed by atoms with van der Waals surface area (Å²) in [5.41, 5.74) is 3.51. The maximum Gasteiger partial charge on any atom is 0.237 e. The molecule has 4 rings (SSSR count). The van der Waals surface area contributed by atoms with Crippen LogP contribution in [0, 0.1) is 0 Å². The third-order valence-electron chi connectivity index (χ3n) is 6.25. The van der Waals surface area contributed by atoms with Gasteiger partial charge in [0.2, 0.25) is 5.91 Å². The lowest BCUT2D eigenvalue weighted by Crippen LogP contribution is -2.48. The standard InChI is InChI=1S/C24H30N4O2/c1-17(24(29)26-13-9-18-5-7-20(30-2)8-6-18)28-14-10-19(11-15-28)22-16-27-23-21(22)4-3-12-25-23/h3-8,12,16-17,19H,9-11,13-15H2,1-2H3,(H,25,27)(H,26,29). The van der Waals surface area contributed by atoms with Gasteiger partial charge in [-0.25, -0.2) is 4.98 Å². The van der Waals surface area contributed by atoms with Crippen LogP contribution in [-0.4, -0.2) is 53.6 Å². The summed E-state index contributed by atoms with van der Waals surface area (Å²) in [5.74, 6) is 1.48. The zero-order chi connectivity index (χ0) is 20.9. The molecule has 2 N–H and O–H groups in total. The van der Waals surface area contributed by atoms with Crippen LogP contribution in [0.2, 0.25) is 0 Å². The van der Waals surface area contributed by atoms with E-state index in [0.717, 1.165) is 43.7 Å². The first-order valence-electron chi connectivity index (χ1n) is 10.7. The number of methoxy groups -OCH3 is 1. The molecule has 1 unspecified atom stereocenters. The number of nitrogens with zero attached hydrogens (tertiary/aromatic N) is 2. The molecule has 0 radical (unpaired) electrons. The number of amides is 1. The Morgan fingerprint density at radius 1 is 1.27 bits per heavy atom. The largest absolute Gasteiger partial charge is 0.497 e. The van der Waals surface area contributed by atoms with Crippen LogP contribution >= 0.6 is 0 Å². The Hall–Kier alpha value is -2.86. The fraction of sp³-hybridized carbons (Fsp3) is 0.417. The molecular formula is C24H30N4O2. The van der Waals surface area contributed by atoms with Gasteiger partial charge in [0.25, 0.3) is 0 Å². The highest BCUT2D eigenvalue weighted by Gasteiger charge is 2.28. The van der Waals surface area contributed by atoms with Crippen molar-refractivity contribution in [2.75, 3.05) is 26.7 Å². The maximum absolute atomic E-state index is 12.6. The summed E-state index contributed by atoms with van der Waals surface area (Å²) in [6.07, 6.45) is 6.86. The Labute approximate surface area is 177 Å². The third kappa shape index (κ3) is 4.49. The molecule has 1 aromatic carbocycles. The van der Waals surface area contributed by atoms with Gasteiger partial charge < -0.3 is 15.0 Å². The first-order chi connectivity index (χ1) is 14.7. The molecule has 3 heterocycles. The topological polar surface area (TPSA) is 70.2 Å². The van der Waals surface area contributed by atoms with Crippen LogP contribution in [0.15, 0.2) is 48.8 Å². The number of hydrogen-bond acceptors (Lipinski definition) is 4. The normalized spacial score (nSPS) is 16.5. The predicted octanol–water partition coefficient (Wildman–Crippen LogP) is 3.50. The molecule has 1 amide bonds. The van der Waals surface area contributed by atoms with Gasteiger partial charge in [-0.05, 0) is 80.6 Å². The van der Waals surface area contributed by atoms with Gasteiger partial charge in [0, 0.05) is 24.3 Å². The second kappa shape index (κ2) is 9.30. The minimum atomic E-state index is -0.105. The third-order valence-corrected chi connectivity index (χ3v) is 6.25. The number of fused-ring (bicyclic) bond motifs is 1. The first kappa shape index (κ1) is 20.4. The van der Waals surface area contributed by atoms with E-state index in [-0.39, 0.29) is 11.9 Å². The first-order valence-corrected chi connectivity index (χ1v) is 10.7. The van der Waals surface area contributed by atoms with Crippen molar-refractivity contribution < 1.29 is 9.53 Å². The smallest absolute Gasteiger partial charge is 0.237 e. The molecule has 3 aromatic rings. The monoisotopic (exact) mass is 406 g/mol. The quantitative estimate of drug-likeness (QED) is 0.630. The highest BCUT2D eigenvalue weighted by Crippen LogP contribution is 2.33. The lowest BCUT2D eigenvalue weighted by molar-refractivity contribution is -0.126. The van der Waals surface area contributed by atoms with Crippen LogP contribution in [0.3, 0.4) is 0 Å². The molecule has 1 atom stereocenters. The maximum atomic E-state index is 12.6. The molecular weight excluding hydrogens is 376 g/mol. The lowest BCUT2D eigenvalue weighted by atomic mass is 9.89. The van der Waals surface area contributed by atoms with E-state index in [1.54, 1.807) is 7.11 Å². The highest BCUT2D eigenvalue weighted by molar-refractivity contribution is 5.81. The van der Waals surface area contributed by atoms with E-state index < -0.39 is 0 Å². The number of nitrogens with one attached hydrogen (secondary N) is 2. The SMILES string of the molecule is COc1ccc(CCNC(=O)C(C)N2CCC(c3c[nH]c4ncccc34)CC2)cc1. The van der Waals surface area contributed by atoms with Gasteiger partial charge in [-0.1, -0.05) is 12.1 Å². The fourth-order valence-corrected chi connectivity index (χ4v) is 4.35. The van der Waals surface area contributed by atoms with E-state index in [9.17, 15) is 4.79 Å². The molecule has 2 aromatic heterocycles. The summed E-state index contributed by atoms with van der Waals surface area (Å²) >= 11 is 0. The minimum absolute atomic E-state index is 0.105. The minimum Gasteiger partial charge on any atom is -0.497 e. The molecule has 6 nitrogen and oxygen atoms in total.